The van der Waals surface area contributed by atoms with E-state index in [-0.39, 0.29) is 31.2 Å². The Morgan fingerprint density at radius 1 is 0.720 bits per heavy atom. The van der Waals surface area contributed by atoms with Crippen LogP contribution in [0, 0.1) is 0 Å². The normalized spacial score (nSPS) is 10.1. The van der Waals surface area contributed by atoms with E-state index in [0.29, 0.717) is 0 Å². The van der Waals surface area contributed by atoms with Gasteiger partial charge in [0.15, 0.2) is 0 Å². The lowest BCUT2D eigenvalue weighted by molar-refractivity contribution is -0.0527. The van der Waals surface area contributed by atoms with Gasteiger partial charge in [0.1, 0.15) is 6.73 Å². The number of rotatable bonds is 10. The van der Waals surface area contributed by atoms with Crippen molar-refractivity contribution in [2.45, 2.75) is 6.92 Å². The molecule has 0 bridgehead atoms. The van der Waals surface area contributed by atoms with Crippen molar-refractivity contribution in [3.05, 3.63) is 0 Å². The number of aromatic nitrogens is 3. The smallest absolute Gasteiger partial charge is 0.284 e. The number of aliphatic hydroxyl groups excluding tert-OH is 1. The van der Waals surface area contributed by atoms with Crippen molar-refractivity contribution in [3.63, 3.8) is 0 Å². The van der Waals surface area contributed by atoms with Crippen LogP contribution in [-0.4, -0.2) is 76.1 Å². The van der Waals surface area contributed by atoms with E-state index in [1.54, 1.807) is 6.92 Å². The average Bonchev–Trinajstić information content (AvgIpc) is 2.62. The zero-order chi connectivity index (χ0) is 19.2. The Bertz CT molecular complexity index is 431. The number of hydrogen-bond donors (Lipinski definition) is 1. The van der Waals surface area contributed by atoms with E-state index in [1.165, 1.54) is 47.7 Å². The predicted octanol–water partition coefficient (Wildman–Crippen LogP) is -0.300. The Balaban J connectivity index is 0.00000178. The number of ether oxygens (including phenoxy) is 1. The highest BCUT2D eigenvalue weighted by Crippen LogP contribution is 2.19. The first-order valence-electron chi connectivity index (χ1n) is 7.00. The topological polar surface area (TPSA) is 124 Å². The molecular formula is C12H26N6O7. The van der Waals surface area contributed by atoms with Gasteiger partial charge >= 0.3 is 0 Å². The average molecular weight is 366 g/mol. The van der Waals surface area contributed by atoms with Crippen molar-refractivity contribution in [3.8, 4) is 0 Å². The van der Waals surface area contributed by atoms with Crippen LogP contribution in [0.15, 0.2) is 0 Å². The summed E-state index contributed by atoms with van der Waals surface area (Å²) in [6.07, 6.45) is 0. The third kappa shape index (κ3) is 7.27. The molecule has 0 atom stereocenters. The van der Waals surface area contributed by atoms with E-state index in [4.69, 9.17) is 34.0 Å². The summed E-state index contributed by atoms with van der Waals surface area (Å²) in [5, 5.41) is 10.8. The van der Waals surface area contributed by atoms with Crippen molar-refractivity contribution in [1.82, 2.24) is 15.0 Å². The highest BCUT2D eigenvalue weighted by atomic mass is 16.9. The molecule has 0 radical (unpaired) electrons. The Kier molecular flexibility index (Phi) is 12.4. The summed E-state index contributed by atoms with van der Waals surface area (Å²) < 4.78 is 5.00. The summed E-state index contributed by atoms with van der Waals surface area (Å²) in [5.74, 6) is 0.215. The van der Waals surface area contributed by atoms with Gasteiger partial charge in [-0.3, -0.25) is 4.84 Å². The van der Waals surface area contributed by atoms with Gasteiger partial charge in [0.25, 0.3) is 17.8 Å². The molecule has 0 amide bonds. The molecule has 1 rings (SSSR count). The molecular weight excluding hydrogens is 340 g/mol. The van der Waals surface area contributed by atoms with E-state index in [2.05, 4.69) is 15.0 Å². The molecule has 146 valence electrons. The molecule has 25 heavy (non-hydrogen) atoms. The molecule has 1 N–H and O–H groups in total. The molecule has 0 unspecified atom stereocenters. The lowest BCUT2D eigenvalue weighted by Gasteiger charge is -2.23. The Labute approximate surface area is 146 Å². The molecule has 0 aromatic carbocycles. The Hall–Kier alpha value is -1.87. The zero-order valence-electron chi connectivity index (χ0n) is 15.5. The van der Waals surface area contributed by atoms with E-state index in [9.17, 15) is 0 Å². The lowest BCUT2D eigenvalue weighted by atomic mass is 10.8. The van der Waals surface area contributed by atoms with Crippen LogP contribution in [-0.2, 0) is 28.9 Å². The van der Waals surface area contributed by atoms with Crippen molar-refractivity contribution < 1.29 is 34.0 Å². The monoisotopic (exact) mass is 366 g/mol. The van der Waals surface area contributed by atoms with Crippen LogP contribution in [0.2, 0.25) is 0 Å². The van der Waals surface area contributed by atoms with Crippen LogP contribution in [0.1, 0.15) is 6.92 Å². The number of anilines is 3. The minimum atomic E-state index is 0.0438. The highest BCUT2D eigenvalue weighted by Gasteiger charge is 2.21. The molecule has 1 heterocycles. The largest absolute Gasteiger partial charge is 0.397 e. The number of hydroxylamine groups is 1. The minimum Gasteiger partial charge on any atom is -0.397 e. The van der Waals surface area contributed by atoms with Crippen molar-refractivity contribution >= 4 is 17.8 Å². The summed E-state index contributed by atoms with van der Waals surface area (Å²) in [6, 6.07) is 0. The summed E-state index contributed by atoms with van der Waals surface area (Å²) in [6.45, 7) is 2.01. The van der Waals surface area contributed by atoms with Gasteiger partial charge in [-0.2, -0.15) is 20.0 Å². The lowest BCUT2D eigenvalue weighted by Crippen LogP contribution is -2.31. The minimum absolute atomic E-state index is 0.0438. The van der Waals surface area contributed by atoms with Gasteiger partial charge in [0, 0.05) is 13.7 Å². The number of hydrogen-bond acceptors (Lipinski definition) is 13. The van der Waals surface area contributed by atoms with Crippen LogP contribution in [0.3, 0.4) is 0 Å². The van der Waals surface area contributed by atoms with E-state index >= 15 is 0 Å². The molecule has 0 spiro atoms. The second kappa shape index (κ2) is 13.4. The van der Waals surface area contributed by atoms with Gasteiger partial charge in [-0.05, 0) is 6.92 Å². The number of aliphatic hydroxyl groups is 1. The SMILES string of the molecule is CCO.COCN(OC)c1nc(N(OC)OC)nc(N(OC)OC)n1. The molecule has 0 saturated heterocycles. The fraction of sp³-hybridized carbons (Fsp3) is 0.750. The van der Waals surface area contributed by atoms with E-state index < -0.39 is 0 Å². The summed E-state index contributed by atoms with van der Waals surface area (Å²) in [5.41, 5.74) is 0. The molecule has 13 nitrogen and oxygen atoms in total. The number of methoxy groups -OCH3 is 1. The van der Waals surface area contributed by atoms with E-state index in [1.807, 2.05) is 0 Å². The molecule has 0 aliphatic rings. The zero-order valence-corrected chi connectivity index (χ0v) is 15.5. The first-order chi connectivity index (χ1) is 12.1. The maximum absolute atomic E-state index is 7.57. The second-order valence-electron chi connectivity index (χ2n) is 3.78. The van der Waals surface area contributed by atoms with Gasteiger partial charge in [-0.25, -0.2) is 19.4 Å². The Morgan fingerprint density at radius 3 is 1.36 bits per heavy atom. The molecule has 0 aliphatic heterocycles. The predicted molar refractivity (Wildman–Crippen MR) is 86.9 cm³/mol. The maximum Gasteiger partial charge on any atom is 0.284 e. The van der Waals surface area contributed by atoms with Crippen molar-refractivity contribution in [1.29, 1.82) is 0 Å². The highest BCUT2D eigenvalue weighted by molar-refractivity contribution is 5.41. The van der Waals surface area contributed by atoms with Crippen molar-refractivity contribution in [2.75, 3.05) is 71.5 Å². The quantitative estimate of drug-likeness (QED) is 0.431. The molecule has 1 aromatic rings. The molecule has 13 heteroatoms. The summed E-state index contributed by atoms with van der Waals surface area (Å²) >= 11 is 0. The van der Waals surface area contributed by atoms with Crippen LogP contribution < -0.4 is 15.5 Å². The summed E-state index contributed by atoms with van der Waals surface area (Å²) in [7, 11) is 8.50. The van der Waals surface area contributed by atoms with Gasteiger partial charge in [-0.1, -0.05) is 10.5 Å². The third-order valence-corrected chi connectivity index (χ3v) is 2.28. The first-order valence-corrected chi connectivity index (χ1v) is 7.00. The maximum atomic E-state index is 7.57. The van der Waals surface area contributed by atoms with Crippen molar-refractivity contribution in [2.24, 2.45) is 0 Å². The molecule has 1 aromatic heterocycles. The van der Waals surface area contributed by atoms with Crippen LogP contribution in [0.4, 0.5) is 17.8 Å². The fourth-order valence-corrected chi connectivity index (χ4v) is 1.40. The second-order valence-corrected chi connectivity index (χ2v) is 3.78. The van der Waals surface area contributed by atoms with Crippen LogP contribution >= 0.6 is 0 Å². The van der Waals surface area contributed by atoms with E-state index in [0.717, 1.165) is 10.5 Å². The Morgan fingerprint density at radius 2 is 1.08 bits per heavy atom. The van der Waals surface area contributed by atoms with Crippen LogP contribution in [0.5, 0.6) is 0 Å². The molecule has 0 aliphatic carbocycles. The van der Waals surface area contributed by atoms with Gasteiger partial charge < -0.3 is 9.84 Å². The number of nitrogens with zero attached hydrogens (tertiary/aromatic N) is 6. The standard InChI is InChI=1S/C10H20N6O6.C2H6O/c1-17-7-14(18-2)8-11-9(15(19-3)20-4)13-10(12-8)16(21-5)22-6;1-2-3/h7H2,1-6H3;3H,2H2,1H3. The third-order valence-electron chi connectivity index (χ3n) is 2.28. The van der Waals surface area contributed by atoms with Crippen LogP contribution in [0.25, 0.3) is 0 Å². The molecule has 0 fully saturated rings. The van der Waals surface area contributed by atoms with Gasteiger partial charge in [-0.15, -0.1) is 0 Å². The molecule has 0 saturated carbocycles. The fourth-order valence-electron chi connectivity index (χ4n) is 1.40. The van der Waals surface area contributed by atoms with Gasteiger partial charge in [0.05, 0.1) is 35.5 Å². The van der Waals surface area contributed by atoms with Gasteiger partial charge in [0.2, 0.25) is 0 Å². The summed E-state index contributed by atoms with van der Waals surface area (Å²) in [4.78, 5) is 37.5. The first kappa shape index (κ1) is 23.1.